The van der Waals surface area contributed by atoms with Crippen molar-refractivity contribution in [3.63, 3.8) is 0 Å². The van der Waals surface area contributed by atoms with Gasteiger partial charge in [0.05, 0.1) is 6.04 Å². The smallest absolute Gasteiger partial charge is 0.184 e. The molecule has 0 spiro atoms. The maximum Gasteiger partial charge on any atom is 0.184 e. The topological polar surface area (TPSA) is 21.6 Å². The molecule has 1 aliphatic rings. The maximum atomic E-state index is 6.11. The predicted molar refractivity (Wildman–Crippen MR) is 91.3 cm³/mol. The summed E-state index contributed by atoms with van der Waals surface area (Å²) < 4.78 is 6.11. The summed E-state index contributed by atoms with van der Waals surface area (Å²) >= 11 is 0. The van der Waals surface area contributed by atoms with Gasteiger partial charge in [0.25, 0.3) is 0 Å². The molecule has 22 heavy (non-hydrogen) atoms. The number of hydrogen-bond donors (Lipinski definition) is 0. The number of aliphatic imine (C=N–C) groups is 1. The molecule has 0 unspecified atom stereocenters. The molecular weight excluding hydrogens is 270 g/mol. The Morgan fingerprint density at radius 2 is 1.45 bits per heavy atom. The zero-order chi connectivity index (χ0) is 15.4. The molecule has 0 saturated heterocycles. The molecule has 0 aliphatic carbocycles. The fourth-order valence-corrected chi connectivity index (χ4v) is 2.87. The summed E-state index contributed by atoms with van der Waals surface area (Å²) in [6.07, 6.45) is 2.79. The lowest BCUT2D eigenvalue weighted by atomic mass is 9.93. The lowest BCUT2D eigenvalue weighted by molar-refractivity contribution is 0.0936. The van der Waals surface area contributed by atoms with Crippen molar-refractivity contribution >= 4 is 5.90 Å². The van der Waals surface area contributed by atoms with E-state index in [1.54, 1.807) is 0 Å². The lowest BCUT2D eigenvalue weighted by Gasteiger charge is -2.25. The first kappa shape index (κ1) is 14.8. The van der Waals surface area contributed by atoms with E-state index in [0.717, 1.165) is 25.2 Å². The van der Waals surface area contributed by atoms with Crippen LogP contribution in [0.4, 0.5) is 0 Å². The summed E-state index contributed by atoms with van der Waals surface area (Å²) in [5, 5.41) is 0. The van der Waals surface area contributed by atoms with Crippen LogP contribution in [0.2, 0.25) is 0 Å². The highest BCUT2D eigenvalue weighted by Gasteiger charge is 2.37. The molecule has 0 radical (unpaired) electrons. The fourth-order valence-electron chi connectivity index (χ4n) is 2.87. The molecule has 0 fully saturated rings. The van der Waals surface area contributed by atoms with Crippen LogP contribution in [0.1, 0.15) is 31.4 Å². The van der Waals surface area contributed by atoms with Crippen molar-refractivity contribution in [2.24, 2.45) is 4.99 Å². The predicted octanol–water partition coefficient (Wildman–Crippen LogP) is 4.44. The minimum atomic E-state index is -0.220. The Morgan fingerprint density at radius 1 is 0.864 bits per heavy atom. The summed E-state index contributed by atoms with van der Waals surface area (Å²) in [5.41, 5.74) is 2.43. The van der Waals surface area contributed by atoms with E-state index in [1.165, 1.54) is 11.1 Å². The molecule has 0 amide bonds. The van der Waals surface area contributed by atoms with E-state index in [1.807, 2.05) is 12.1 Å². The minimum absolute atomic E-state index is 0.195. The third kappa shape index (κ3) is 3.56. The molecule has 2 heteroatoms. The molecule has 0 saturated carbocycles. The van der Waals surface area contributed by atoms with Gasteiger partial charge >= 0.3 is 0 Å². The first-order valence-electron chi connectivity index (χ1n) is 7.97. The van der Waals surface area contributed by atoms with Crippen LogP contribution in [-0.2, 0) is 17.6 Å². The van der Waals surface area contributed by atoms with E-state index in [2.05, 4.69) is 62.4 Å². The first-order chi connectivity index (χ1) is 10.6. The van der Waals surface area contributed by atoms with Gasteiger partial charge in [0, 0.05) is 6.42 Å². The Morgan fingerprint density at radius 3 is 2.09 bits per heavy atom. The van der Waals surface area contributed by atoms with Gasteiger partial charge in [0.2, 0.25) is 0 Å². The quantitative estimate of drug-likeness (QED) is 0.798. The number of rotatable bonds is 5. The molecule has 2 aromatic rings. The number of aryl methyl sites for hydroxylation is 1. The summed E-state index contributed by atoms with van der Waals surface area (Å²) in [4.78, 5) is 4.85. The van der Waals surface area contributed by atoms with Gasteiger partial charge < -0.3 is 4.74 Å². The number of nitrogens with zero attached hydrogens (tertiary/aromatic N) is 1. The second-order valence-electron chi connectivity index (χ2n) is 6.42. The molecular formula is C20H23NO. The van der Waals surface area contributed by atoms with E-state index in [4.69, 9.17) is 9.73 Å². The standard InChI is InChI=1S/C20H23NO/c1-20(2)18(15-17-11-7-4-8-12-17)21-19(22-20)14-13-16-9-5-3-6-10-16/h3-12,18H,13-15H2,1-2H3/t18-/m0/s1. The number of ether oxygens (including phenoxy) is 1. The van der Waals surface area contributed by atoms with Gasteiger partial charge in [-0.15, -0.1) is 0 Å². The van der Waals surface area contributed by atoms with Gasteiger partial charge in [-0.3, -0.25) is 0 Å². The van der Waals surface area contributed by atoms with Crippen LogP contribution in [-0.4, -0.2) is 17.5 Å². The summed E-state index contributed by atoms with van der Waals surface area (Å²) in [6, 6.07) is 21.2. The van der Waals surface area contributed by atoms with Crippen LogP contribution in [0.5, 0.6) is 0 Å². The molecule has 1 atom stereocenters. The number of hydrogen-bond acceptors (Lipinski definition) is 2. The van der Waals surface area contributed by atoms with Gasteiger partial charge in [-0.2, -0.15) is 0 Å². The van der Waals surface area contributed by atoms with E-state index in [-0.39, 0.29) is 11.6 Å². The SMILES string of the molecule is CC1(C)OC(CCc2ccccc2)=N[C@H]1Cc1ccccc1. The van der Waals surface area contributed by atoms with E-state index in [9.17, 15) is 0 Å². The highest BCUT2D eigenvalue weighted by atomic mass is 16.5. The second-order valence-corrected chi connectivity index (χ2v) is 6.42. The molecule has 1 aliphatic heterocycles. The third-order valence-electron chi connectivity index (χ3n) is 4.23. The fraction of sp³-hybridized carbons (Fsp3) is 0.350. The third-order valence-corrected chi connectivity index (χ3v) is 4.23. The Balaban J connectivity index is 1.65. The molecule has 1 heterocycles. The van der Waals surface area contributed by atoms with Crippen LogP contribution in [0.25, 0.3) is 0 Å². The van der Waals surface area contributed by atoms with E-state index >= 15 is 0 Å². The summed E-state index contributed by atoms with van der Waals surface area (Å²) in [5.74, 6) is 0.898. The lowest BCUT2D eigenvalue weighted by Crippen LogP contribution is -2.34. The van der Waals surface area contributed by atoms with E-state index < -0.39 is 0 Å². The van der Waals surface area contributed by atoms with Gasteiger partial charge in [0.15, 0.2) is 5.90 Å². The minimum Gasteiger partial charge on any atom is -0.473 e. The molecule has 3 rings (SSSR count). The Bertz CT molecular complexity index is 631. The highest BCUT2D eigenvalue weighted by Crippen LogP contribution is 2.29. The van der Waals surface area contributed by atoms with Gasteiger partial charge in [-0.1, -0.05) is 60.7 Å². The summed E-state index contributed by atoms with van der Waals surface area (Å²) in [6.45, 7) is 4.28. The van der Waals surface area contributed by atoms with Crippen LogP contribution < -0.4 is 0 Å². The van der Waals surface area contributed by atoms with Crippen molar-refractivity contribution in [1.29, 1.82) is 0 Å². The second kappa shape index (κ2) is 6.35. The zero-order valence-electron chi connectivity index (χ0n) is 13.3. The normalized spacial score (nSPS) is 19.5. The first-order valence-corrected chi connectivity index (χ1v) is 7.97. The molecule has 0 bridgehead atoms. The van der Waals surface area contributed by atoms with E-state index in [0.29, 0.717) is 0 Å². The van der Waals surface area contributed by atoms with Crippen molar-refractivity contribution < 1.29 is 4.74 Å². The molecule has 114 valence electrons. The average molecular weight is 293 g/mol. The van der Waals surface area contributed by atoms with Gasteiger partial charge in [0.1, 0.15) is 5.60 Å². The van der Waals surface area contributed by atoms with Crippen molar-refractivity contribution in [2.75, 3.05) is 0 Å². The molecule has 0 N–H and O–H groups in total. The number of benzene rings is 2. The zero-order valence-corrected chi connectivity index (χ0v) is 13.3. The monoisotopic (exact) mass is 293 g/mol. The average Bonchev–Trinajstić information content (AvgIpc) is 2.81. The Kier molecular flexibility index (Phi) is 4.28. The van der Waals surface area contributed by atoms with Crippen molar-refractivity contribution in [1.82, 2.24) is 0 Å². The van der Waals surface area contributed by atoms with Crippen molar-refractivity contribution in [2.45, 2.75) is 44.8 Å². The molecule has 2 aromatic carbocycles. The van der Waals surface area contributed by atoms with Crippen LogP contribution in [0.3, 0.4) is 0 Å². The van der Waals surface area contributed by atoms with Crippen LogP contribution in [0.15, 0.2) is 65.7 Å². The maximum absolute atomic E-state index is 6.11. The van der Waals surface area contributed by atoms with Gasteiger partial charge in [-0.25, -0.2) is 4.99 Å². The molecule has 2 nitrogen and oxygen atoms in total. The Hall–Kier alpha value is -2.09. The highest BCUT2D eigenvalue weighted by molar-refractivity contribution is 5.79. The van der Waals surface area contributed by atoms with Crippen LogP contribution in [0, 0.1) is 0 Å². The van der Waals surface area contributed by atoms with Crippen molar-refractivity contribution in [3.8, 4) is 0 Å². The molecule has 0 aromatic heterocycles. The van der Waals surface area contributed by atoms with Crippen LogP contribution >= 0.6 is 0 Å². The Labute approximate surface area is 132 Å². The van der Waals surface area contributed by atoms with Gasteiger partial charge in [-0.05, 0) is 37.8 Å². The summed E-state index contributed by atoms with van der Waals surface area (Å²) in [7, 11) is 0. The van der Waals surface area contributed by atoms with Crippen molar-refractivity contribution in [3.05, 3.63) is 71.8 Å². The largest absolute Gasteiger partial charge is 0.473 e.